The van der Waals surface area contributed by atoms with Crippen molar-refractivity contribution in [2.24, 2.45) is 17.8 Å². The van der Waals surface area contributed by atoms with Crippen LogP contribution in [0.3, 0.4) is 0 Å². The maximum absolute atomic E-state index is 3.66. The second-order valence-corrected chi connectivity index (χ2v) is 6.13. The van der Waals surface area contributed by atoms with E-state index >= 15 is 0 Å². The highest BCUT2D eigenvalue weighted by atomic mass is 79.9. The summed E-state index contributed by atoms with van der Waals surface area (Å²) in [5.41, 5.74) is 0. The van der Waals surface area contributed by atoms with Crippen LogP contribution < -0.4 is 0 Å². The molecule has 0 aromatic carbocycles. The van der Waals surface area contributed by atoms with E-state index in [0.29, 0.717) is 0 Å². The molecule has 2 aliphatic rings. The summed E-state index contributed by atoms with van der Waals surface area (Å²) in [5, 5.41) is 1.19. The summed E-state index contributed by atoms with van der Waals surface area (Å²) in [6.45, 7) is 6.44. The Morgan fingerprint density at radius 3 is 2.47 bits per heavy atom. The molecule has 2 fully saturated rings. The van der Waals surface area contributed by atoms with Gasteiger partial charge in [0.15, 0.2) is 0 Å². The van der Waals surface area contributed by atoms with Crippen LogP contribution in [0.15, 0.2) is 0 Å². The molecule has 0 N–H and O–H groups in total. The minimum Gasteiger partial charge on any atom is -0.302 e. The molecule has 1 aliphatic carbocycles. The molecule has 1 nitrogen and oxygen atoms in total. The quantitative estimate of drug-likeness (QED) is 0.693. The molecule has 2 heteroatoms. The van der Waals surface area contributed by atoms with Crippen LogP contribution in [-0.4, -0.2) is 29.9 Å². The highest BCUT2D eigenvalue weighted by Gasteiger charge is 2.36. The van der Waals surface area contributed by atoms with Crippen LogP contribution in [0.4, 0.5) is 0 Å². The predicted octanol–water partition coefficient (Wildman–Crippen LogP) is 3.53. The molecule has 0 spiro atoms. The smallest absolute Gasteiger partial charge is 0.00718 e. The first kappa shape index (κ1) is 11.9. The summed E-state index contributed by atoms with van der Waals surface area (Å²) in [5.74, 6) is 3.00. The van der Waals surface area contributed by atoms with Crippen molar-refractivity contribution >= 4 is 15.9 Å². The molecule has 1 saturated carbocycles. The summed E-state index contributed by atoms with van der Waals surface area (Å²) in [4.78, 5) is 2.73. The van der Waals surface area contributed by atoms with E-state index in [1.807, 2.05) is 0 Å². The molecule has 0 amide bonds. The fraction of sp³-hybridized carbons (Fsp3) is 1.00. The van der Waals surface area contributed by atoms with Gasteiger partial charge in [-0.1, -0.05) is 35.7 Å². The Kier molecular flexibility index (Phi) is 4.51. The Morgan fingerprint density at radius 2 is 1.93 bits per heavy atom. The maximum Gasteiger partial charge on any atom is 0.00718 e. The predicted molar refractivity (Wildman–Crippen MR) is 69.5 cm³/mol. The van der Waals surface area contributed by atoms with Crippen molar-refractivity contribution in [2.45, 2.75) is 39.0 Å². The SMILES string of the molecule is CCCC(CBr)CN1CC2CCCC2C1. The van der Waals surface area contributed by atoms with Crippen LogP contribution in [0.5, 0.6) is 0 Å². The zero-order chi connectivity index (χ0) is 10.7. The number of fused-ring (bicyclic) bond motifs is 1. The van der Waals surface area contributed by atoms with Gasteiger partial charge in [0.05, 0.1) is 0 Å². The van der Waals surface area contributed by atoms with Gasteiger partial charge in [-0.15, -0.1) is 0 Å². The summed E-state index contributed by atoms with van der Waals surface area (Å²) in [7, 11) is 0. The van der Waals surface area contributed by atoms with E-state index in [-0.39, 0.29) is 0 Å². The van der Waals surface area contributed by atoms with Gasteiger partial charge in [0.25, 0.3) is 0 Å². The van der Waals surface area contributed by atoms with Crippen LogP contribution in [-0.2, 0) is 0 Å². The zero-order valence-electron chi connectivity index (χ0n) is 9.92. The van der Waals surface area contributed by atoms with Crippen LogP contribution in [0.1, 0.15) is 39.0 Å². The van der Waals surface area contributed by atoms with Crippen molar-refractivity contribution < 1.29 is 0 Å². The minimum absolute atomic E-state index is 0.883. The summed E-state index contributed by atoms with van der Waals surface area (Å²) in [6, 6.07) is 0. The number of rotatable bonds is 5. The third kappa shape index (κ3) is 2.97. The number of nitrogens with zero attached hydrogens (tertiary/aromatic N) is 1. The van der Waals surface area contributed by atoms with Gasteiger partial charge in [0.2, 0.25) is 0 Å². The molecule has 0 bridgehead atoms. The second-order valence-electron chi connectivity index (χ2n) is 5.48. The van der Waals surface area contributed by atoms with E-state index in [2.05, 4.69) is 27.8 Å². The largest absolute Gasteiger partial charge is 0.302 e. The molecule has 1 saturated heterocycles. The Labute approximate surface area is 103 Å². The van der Waals surface area contributed by atoms with Gasteiger partial charge < -0.3 is 4.90 Å². The monoisotopic (exact) mass is 273 g/mol. The van der Waals surface area contributed by atoms with Gasteiger partial charge >= 0.3 is 0 Å². The first-order valence-corrected chi connectivity index (χ1v) is 7.74. The molecule has 88 valence electrons. The molecule has 2 rings (SSSR count). The Balaban J connectivity index is 1.76. The Morgan fingerprint density at radius 1 is 1.27 bits per heavy atom. The lowest BCUT2D eigenvalue weighted by atomic mass is 10.0. The number of alkyl halides is 1. The number of hydrogen-bond acceptors (Lipinski definition) is 1. The third-order valence-electron chi connectivity index (χ3n) is 4.23. The average Bonchev–Trinajstić information content (AvgIpc) is 2.77. The van der Waals surface area contributed by atoms with Crippen molar-refractivity contribution in [3.8, 4) is 0 Å². The lowest BCUT2D eigenvalue weighted by Crippen LogP contribution is -2.29. The van der Waals surface area contributed by atoms with Gasteiger partial charge in [-0.3, -0.25) is 0 Å². The van der Waals surface area contributed by atoms with Gasteiger partial charge in [-0.05, 0) is 37.0 Å². The topological polar surface area (TPSA) is 3.24 Å². The first-order chi connectivity index (χ1) is 7.33. The lowest BCUT2D eigenvalue weighted by molar-refractivity contribution is 0.263. The molecule has 15 heavy (non-hydrogen) atoms. The number of hydrogen-bond donors (Lipinski definition) is 0. The first-order valence-electron chi connectivity index (χ1n) is 6.61. The second kappa shape index (κ2) is 5.67. The standard InChI is InChI=1S/C13H24BrN/c1-2-4-11(7-14)8-15-9-12-5-3-6-13(12)10-15/h11-13H,2-10H2,1H3. The molecule has 1 heterocycles. The van der Waals surface area contributed by atoms with Gasteiger partial charge in [0.1, 0.15) is 0 Å². The van der Waals surface area contributed by atoms with E-state index in [0.717, 1.165) is 17.8 Å². The average molecular weight is 274 g/mol. The molecule has 3 atom stereocenters. The summed E-state index contributed by atoms with van der Waals surface area (Å²) in [6.07, 6.45) is 7.23. The van der Waals surface area contributed by atoms with E-state index in [9.17, 15) is 0 Å². The van der Waals surface area contributed by atoms with Crippen molar-refractivity contribution in [1.29, 1.82) is 0 Å². The molecule has 0 aromatic heterocycles. The minimum atomic E-state index is 0.883. The molecule has 1 aliphatic heterocycles. The van der Waals surface area contributed by atoms with Crippen LogP contribution >= 0.6 is 15.9 Å². The van der Waals surface area contributed by atoms with E-state index in [1.165, 1.54) is 57.1 Å². The van der Waals surface area contributed by atoms with Crippen molar-refractivity contribution in [3.63, 3.8) is 0 Å². The zero-order valence-corrected chi connectivity index (χ0v) is 11.5. The van der Waals surface area contributed by atoms with Crippen molar-refractivity contribution in [3.05, 3.63) is 0 Å². The van der Waals surface area contributed by atoms with Crippen molar-refractivity contribution in [1.82, 2.24) is 4.90 Å². The van der Waals surface area contributed by atoms with Crippen LogP contribution in [0, 0.1) is 17.8 Å². The third-order valence-corrected chi connectivity index (χ3v) is 5.15. The fourth-order valence-electron chi connectivity index (χ4n) is 3.47. The fourth-order valence-corrected chi connectivity index (χ4v) is 4.00. The normalized spacial score (nSPS) is 33.2. The number of likely N-dealkylation sites (tertiary alicyclic amines) is 1. The van der Waals surface area contributed by atoms with Gasteiger partial charge in [0, 0.05) is 25.0 Å². The van der Waals surface area contributed by atoms with Crippen LogP contribution in [0.25, 0.3) is 0 Å². The van der Waals surface area contributed by atoms with Gasteiger partial charge in [-0.25, -0.2) is 0 Å². The van der Waals surface area contributed by atoms with E-state index in [4.69, 9.17) is 0 Å². The van der Waals surface area contributed by atoms with Gasteiger partial charge in [-0.2, -0.15) is 0 Å². The van der Waals surface area contributed by atoms with Crippen LogP contribution in [0.2, 0.25) is 0 Å². The summed E-state index contributed by atoms with van der Waals surface area (Å²) < 4.78 is 0. The summed E-state index contributed by atoms with van der Waals surface area (Å²) >= 11 is 3.66. The van der Waals surface area contributed by atoms with Crippen molar-refractivity contribution in [2.75, 3.05) is 25.0 Å². The van der Waals surface area contributed by atoms with E-state index in [1.54, 1.807) is 0 Å². The Bertz CT molecular complexity index is 183. The van der Waals surface area contributed by atoms with E-state index < -0.39 is 0 Å². The Hall–Kier alpha value is 0.440. The maximum atomic E-state index is 3.66. The molecule has 0 radical (unpaired) electrons. The molecular formula is C13H24BrN. The number of halogens is 1. The molecular weight excluding hydrogens is 250 g/mol. The highest BCUT2D eigenvalue weighted by molar-refractivity contribution is 9.09. The lowest BCUT2D eigenvalue weighted by Gasteiger charge is -2.22. The molecule has 3 unspecified atom stereocenters. The highest BCUT2D eigenvalue weighted by Crippen LogP contribution is 2.38. The molecule has 0 aromatic rings.